The summed E-state index contributed by atoms with van der Waals surface area (Å²) < 4.78 is 1.85. The first-order chi connectivity index (χ1) is 8.58. The van der Waals surface area contributed by atoms with Crippen molar-refractivity contribution in [3.63, 3.8) is 0 Å². The van der Waals surface area contributed by atoms with Crippen molar-refractivity contribution >= 4 is 24.2 Å². The van der Waals surface area contributed by atoms with Crippen molar-refractivity contribution in [2.75, 3.05) is 0 Å². The van der Waals surface area contributed by atoms with Gasteiger partial charge in [-0.2, -0.15) is 9.99 Å². The van der Waals surface area contributed by atoms with Gasteiger partial charge in [0.05, 0.1) is 16.8 Å². The van der Waals surface area contributed by atoms with E-state index >= 15 is 0 Å². The van der Waals surface area contributed by atoms with Gasteiger partial charge in [0.1, 0.15) is 5.69 Å². The molecule has 0 aliphatic carbocycles. The van der Waals surface area contributed by atoms with Gasteiger partial charge in [-0.3, -0.25) is 4.68 Å². The summed E-state index contributed by atoms with van der Waals surface area (Å²) in [6.07, 6.45) is 5.22. The molecule has 0 N–H and O–H groups in total. The Balaban J connectivity index is 0.00000180. The second-order valence-electron chi connectivity index (χ2n) is 4.02. The molecule has 0 radical (unpaired) electrons. The van der Waals surface area contributed by atoms with Crippen LogP contribution < -0.4 is 51.4 Å². The minimum Gasteiger partial charge on any atom is -0.778 e. The van der Waals surface area contributed by atoms with E-state index < -0.39 is 0 Å². The summed E-state index contributed by atoms with van der Waals surface area (Å²) in [5.74, 6) is 5.89. The van der Waals surface area contributed by atoms with Crippen molar-refractivity contribution in [1.29, 1.82) is 0 Å². The quantitative estimate of drug-likeness (QED) is 0.416. The number of nitrogens with zero attached hydrogens (tertiary/aromatic N) is 3. The zero-order chi connectivity index (χ0) is 13.1. The molecule has 19 heavy (non-hydrogen) atoms. The van der Waals surface area contributed by atoms with Gasteiger partial charge in [0.15, 0.2) is 0 Å². The molecule has 0 atom stereocenters. The van der Waals surface area contributed by atoms with Gasteiger partial charge in [0.25, 0.3) is 0 Å². The van der Waals surface area contributed by atoms with Gasteiger partial charge in [-0.05, 0) is 19.8 Å². The monoisotopic (exact) mass is 315 g/mol. The predicted octanol–water partition coefficient (Wildman–Crippen LogP) is -0.178. The molecule has 0 saturated heterocycles. The van der Waals surface area contributed by atoms with Crippen LogP contribution in [-0.4, -0.2) is 14.8 Å². The summed E-state index contributed by atoms with van der Waals surface area (Å²) >= 11 is 11.1. The maximum Gasteiger partial charge on any atom is 1.00 e. The number of hydrogen-bond donors (Lipinski definition) is 0. The van der Waals surface area contributed by atoms with E-state index in [1.54, 1.807) is 18.5 Å². The molecular weight excluding hydrogens is 305 g/mol. The SMILES string of the molecule is CC(C)n1cc(C#Cc2nccc([S-])c2Cl)cn1.[K+]. The van der Waals surface area contributed by atoms with Crippen LogP contribution in [0.4, 0.5) is 0 Å². The van der Waals surface area contributed by atoms with Crippen LogP contribution >= 0.6 is 11.6 Å². The molecule has 6 heteroatoms. The molecule has 0 unspecified atom stereocenters. The van der Waals surface area contributed by atoms with E-state index in [0.717, 1.165) is 5.56 Å². The third-order valence-electron chi connectivity index (χ3n) is 2.31. The standard InChI is InChI=1S/C13H12ClN3S.K/c1-9(2)17-8-10(7-16-17)3-4-11-13(14)12(18)5-6-15-11;/h5-9H,1-2H3,(H,15,18);/q;+1/p-1. The number of rotatable bonds is 1. The van der Waals surface area contributed by atoms with E-state index in [-0.39, 0.29) is 51.4 Å². The minimum absolute atomic E-state index is 0. The third kappa shape index (κ3) is 4.54. The van der Waals surface area contributed by atoms with Crippen LogP contribution in [0.3, 0.4) is 0 Å². The van der Waals surface area contributed by atoms with Crippen molar-refractivity contribution in [2.45, 2.75) is 24.8 Å². The van der Waals surface area contributed by atoms with Crippen molar-refractivity contribution in [3.8, 4) is 11.8 Å². The average Bonchev–Trinajstić information content (AvgIpc) is 2.80. The molecule has 92 valence electrons. The Morgan fingerprint density at radius 1 is 1.37 bits per heavy atom. The fraction of sp³-hybridized carbons (Fsp3) is 0.231. The zero-order valence-electron chi connectivity index (χ0n) is 11.0. The van der Waals surface area contributed by atoms with Crippen LogP contribution in [0.1, 0.15) is 31.1 Å². The number of pyridine rings is 1. The first kappa shape index (κ1) is 17.1. The van der Waals surface area contributed by atoms with Crippen LogP contribution in [0.5, 0.6) is 0 Å². The van der Waals surface area contributed by atoms with Crippen molar-refractivity contribution in [3.05, 3.63) is 40.9 Å². The first-order valence-electron chi connectivity index (χ1n) is 5.45. The second-order valence-corrected chi connectivity index (χ2v) is 4.84. The van der Waals surface area contributed by atoms with E-state index in [4.69, 9.17) is 24.2 Å². The van der Waals surface area contributed by atoms with Crippen LogP contribution in [-0.2, 0) is 12.6 Å². The summed E-state index contributed by atoms with van der Waals surface area (Å²) in [6.45, 7) is 4.12. The molecule has 0 amide bonds. The summed E-state index contributed by atoms with van der Waals surface area (Å²) in [7, 11) is 0. The van der Waals surface area contributed by atoms with E-state index in [1.165, 1.54) is 0 Å². The minimum atomic E-state index is 0. The smallest absolute Gasteiger partial charge is 0.778 e. The van der Waals surface area contributed by atoms with Gasteiger partial charge in [-0.1, -0.05) is 23.6 Å². The molecule has 2 heterocycles. The summed E-state index contributed by atoms with van der Waals surface area (Å²) in [5.41, 5.74) is 1.33. The first-order valence-corrected chi connectivity index (χ1v) is 6.24. The van der Waals surface area contributed by atoms with Crippen LogP contribution in [0.25, 0.3) is 0 Å². The molecule has 0 fully saturated rings. The van der Waals surface area contributed by atoms with E-state index in [1.807, 2.05) is 10.9 Å². The van der Waals surface area contributed by atoms with Gasteiger partial charge in [0.2, 0.25) is 0 Å². The molecule has 0 aliphatic heterocycles. The molecule has 2 rings (SSSR count). The fourth-order valence-electron chi connectivity index (χ4n) is 1.33. The summed E-state index contributed by atoms with van der Waals surface area (Å²) in [5, 5.41) is 4.64. The largest absolute Gasteiger partial charge is 1.00 e. The van der Waals surface area contributed by atoms with Crippen molar-refractivity contribution < 1.29 is 51.4 Å². The topological polar surface area (TPSA) is 30.7 Å². The maximum absolute atomic E-state index is 6.03. The zero-order valence-corrected chi connectivity index (χ0v) is 15.7. The molecular formula is C13H11ClKN3S. The summed E-state index contributed by atoms with van der Waals surface area (Å²) in [4.78, 5) is 4.66. The number of hydrogen-bond acceptors (Lipinski definition) is 3. The average molecular weight is 316 g/mol. The second kappa shape index (κ2) is 7.74. The normalized spacial score (nSPS) is 9.68. The molecule has 2 aromatic rings. The van der Waals surface area contributed by atoms with Crippen LogP contribution in [0.2, 0.25) is 5.02 Å². The Morgan fingerprint density at radius 2 is 2.11 bits per heavy atom. The van der Waals surface area contributed by atoms with Crippen molar-refractivity contribution in [2.24, 2.45) is 0 Å². The van der Waals surface area contributed by atoms with Crippen LogP contribution in [0, 0.1) is 11.8 Å². The Morgan fingerprint density at radius 3 is 2.74 bits per heavy atom. The predicted molar refractivity (Wildman–Crippen MR) is 73.5 cm³/mol. The Labute approximate surface area is 166 Å². The molecule has 0 saturated carbocycles. The van der Waals surface area contributed by atoms with Gasteiger partial charge in [-0.15, -0.1) is 0 Å². The molecule has 0 bridgehead atoms. The Kier molecular flexibility index (Phi) is 6.98. The number of halogens is 1. The molecule has 0 aromatic carbocycles. The Hall–Kier alpha value is 0.0664. The van der Waals surface area contributed by atoms with E-state index in [2.05, 4.69) is 35.8 Å². The molecule has 0 aliphatic rings. The maximum atomic E-state index is 6.03. The van der Waals surface area contributed by atoms with E-state index in [0.29, 0.717) is 21.7 Å². The van der Waals surface area contributed by atoms with Crippen molar-refractivity contribution in [1.82, 2.24) is 14.8 Å². The molecule has 3 nitrogen and oxygen atoms in total. The Bertz CT molecular complexity index is 628. The van der Waals surface area contributed by atoms with Gasteiger partial charge in [0, 0.05) is 18.4 Å². The van der Waals surface area contributed by atoms with Gasteiger partial charge >= 0.3 is 51.4 Å². The fourth-order valence-corrected chi connectivity index (χ4v) is 1.65. The number of aromatic nitrogens is 3. The third-order valence-corrected chi connectivity index (χ3v) is 3.14. The molecule has 0 spiro atoms. The van der Waals surface area contributed by atoms with Crippen LogP contribution in [0.15, 0.2) is 29.6 Å². The molecule has 2 aromatic heterocycles. The van der Waals surface area contributed by atoms with E-state index in [9.17, 15) is 0 Å². The van der Waals surface area contributed by atoms with Gasteiger partial charge in [-0.25, -0.2) is 4.98 Å². The summed E-state index contributed by atoms with van der Waals surface area (Å²) in [6, 6.07) is 2.00. The van der Waals surface area contributed by atoms with Gasteiger partial charge < -0.3 is 12.6 Å².